The summed E-state index contributed by atoms with van der Waals surface area (Å²) in [6.07, 6.45) is 0. The second kappa shape index (κ2) is 6.25. The molecule has 0 aromatic heterocycles. The van der Waals surface area contributed by atoms with Gasteiger partial charge in [0, 0.05) is 11.8 Å². The summed E-state index contributed by atoms with van der Waals surface area (Å²) in [7, 11) is 1.57. The highest BCUT2D eigenvalue weighted by molar-refractivity contribution is 5.92. The van der Waals surface area contributed by atoms with Crippen molar-refractivity contribution < 1.29 is 14.6 Å². The van der Waals surface area contributed by atoms with Gasteiger partial charge in [-0.1, -0.05) is 19.9 Å². The Morgan fingerprint density at radius 1 is 1.47 bits per heavy atom. The van der Waals surface area contributed by atoms with Crippen molar-refractivity contribution in [1.82, 2.24) is 0 Å². The number of hydrogen-bond donors (Lipinski definition) is 2. The van der Waals surface area contributed by atoms with Gasteiger partial charge in [-0.05, 0) is 18.1 Å². The van der Waals surface area contributed by atoms with E-state index in [4.69, 9.17) is 9.84 Å². The summed E-state index contributed by atoms with van der Waals surface area (Å²) in [5.74, 6) is 0.232. The number of ether oxygens (including phenoxy) is 1. The molecule has 0 aliphatic carbocycles. The van der Waals surface area contributed by atoms with Crippen molar-refractivity contribution in [2.75, 3.05) is 19.0 Å². The molecule has 1 atom stereocenters. The van der Waals surface area contributed by atoms with E-state index >= 15 is 0 Å². The van der Waals surface area contributed by atoms with E-state index in [0.717, 1.165) is 0 Å². The average molecular weight is 237 g/mol. The van der Waals surface area contributed by atoms with Gasteiger partial charge in [0.05, 0.1) is 19.6 Å². The molecule has 0 saturated carbocycles. The molecule has 17 heavy (non-hydrogen) atoms. The number of aliphatic hydroxyl groups is 1. The lowest BCUT2D eigenvalue weighted by Gasteiger charge is -2.17. The summed E-state index contributed by atoms with van der Waals surface area (Å²) in [6.45, 7) is 3.67. The first-order valence-electron chi connectivity index (χ1n) is 5.64. The van der Waals surface area contributed by atoms with E-state index in [9.17, 15) is 4.79 Å². The van der Waals surface area contributed by atoms with Gasteiger partial charge in [-0.25, -0.2) is 0 Å². The number of carbonyl (C=O) groups is 1. The van der Waals surface area contributed by atoms with E-state index in [1.807, 2.05) is 19.9 Å². The smallest absolute Gasteiger partial charge is 0.230 e. The largest absolute Gasteiger partial charge is 0.497 e. The van der Waals surface area contributed by atoms with E-state index in [-0.39, 0.29) is 24.3 Å². The second-order valence-corrected chi connectivity index (χ2v) is 4.25. The molecule has 0 aliphatic rings. The van der Waals surface area contributed by atoms with Gasteiger partial charge in [-0.3, -0.25) is 4.79 Å². The predicted molar refractivity (Wildman–Crippen MR) is 67.0 cm³/mol. The van der Waals surface area contributed by atoms with E-state index in [0.29, 0.717) is 11.4 Å². The number of amides is 1. The molecule has 0 fully saturated rings. The molecule has 0 radical (unpaired) electrons. The zero-order valence-corrected chi connectivity index (χ0v) is 10.4. The van der Waals surface area contributed by atoms with E-state index in [2.05, 4.69) is 5.32 Å². The summed E-state index contributed by atoms with van der Waals surface area (Å²) >= 11 is 0. The Kier molecular flexibility index (Phi) is 4.97. The standard InChI is InChI=1S/C13H19NO3/c1-9(2)12(8-15)13(16)14-10-5-4-6-11(7-10)17-3/h4-7,9,12,15H,8H2,1-3H3,(H,14,16). The Hall–Kier alpha value is -1.55. The fraction of sp³-hybridized carbons (Fsp3) is 0.462. The van der Waals surface area contributed by atoms with Crippen LogP contribution in [0.25, 0.3) is 0 Å². The quantitative estimate of drug-likeness (QED) is 0.822. The van der Waals surface area contributed by atoms with Crippen LogP contribution in [0.2, 0.25) is 0 Å². The van der Waals surface area contributed by atoms with Crippen LogP contribution in [0.3, 0.4) is 0 Å². The lowest BCUT2D eigenvalue weighted by molar-refractivity contribution is -0.122. The molecule has 2 N–H and O–H groups in total. The molecular weight excluding hydrogens is 218 g/mol. The third kappa shape index (κ3) is 3.75. The predicted octanol–water partition coefficient (Wildman–Crippen LogP) is 1.90. The first-order chi connectivity index (χ1) is 8.08. The molecule has 1 unspecified atom stereocenters. The van der Waals surface area contributed by atoms with Gasteiger partial charge >= 0.3 is 0 Å². The lowest BCUT2D eigenvalue weighted by atomic mass is 9.96. The topological polar surface area (TPSA) is 58.6 Å². The van der Waals surface area contributed by atoms with Crippen molar-refractivity contribution >= 4 is 11.6 Å². The number of anilines is 1. The molecule has 1 aromatic carbocycles. The normalized spacial score (nSPS) is 12.3. The Balaban J connectivity index is 2.72. The van der Waals surface area contributed by atoms with Gasteiger partial charge in [0.25, 0.3) is 0 Å². The molecular formula is C13H19NO3. The van der Waals surface area contributed by atoms with Gasteiger partial charge in [0.2, 0.25) is 5.91 Å². The molecule has 1 amide bonds. The van der Waals surface area contributed by atoms with E-state index < -0.39 is 0 Å². The van der Waals surface area contributed by atoms with Crippen LogP contribution in [0.1, 0.15) is 13.8 Å². The van der Waals surface area contributed by atoms with E-state index in [1.165, 1.54) is 0 Å². The second-order valence-electron chi connectivity index (χ2n) is 4.25. The molecule has 4 heteroatoms. The number of aliphatic hydroxyl groups excluding tert-OH is 1. The van der Waals surface area contributed by atoms with Crippen LogP contribution in [-0.2, 0) is 4.79 Å². The zero-order valence-electron chi connectivity index (χ0n) is 10.4. The third-order valence-corrected chi connectivity index (χ3v) is 2.68. The summed E-state index contributed by atoms with van der Waals surface area (Å²) in [6, 6.07) is 7.14. The number of benzene rings is 1. The SMILES string of the molecule is COc1cccc(NC(=O)C(CO)C(C)C)c1. The maximum absolute atomic E-state index is 11.9. The minimum Gasteiger partial charge on any atom is -0.497 e. The van der Waals surface area contributed by atoms with Crippen LogP contribution in [0.4, 0.5) is 5.69 Å². The van der Waals surface area contributed by atoms with Gasteiger partial charge in [-0.15, -0.1) is 0 Å². The highest BCUT2D eigenvalue weighted by atomic mass is 16.5. The molecule has 1 aromatic rings. The first kappa shape index (κ1) is 13.5. The van der Waals surface area contributed by atoms with Crippen LogP contribution in [0.5, 0.6) is 5.75 Å². The Morgan fingerprint density at radius 2 is 2.18 bits per heavy atom. The number of hydrogen-bond acceptors (Lipinski definition) is 3. The van der Waals surface area contributed by atoms with Crippen LogP contribution in [-0.4, -0.2) is 24.7 Å². The number of methoxy groups -OCH3 is 1. The Morgan fingerprint density at radius 3 is 2.71 bits per heavy atom. The molecule has 0 spiro atoms. The first-order valence-corrected chi connectivity index (χ1v) is 5.64. The van der Waals surface area contributed by atoms with Gasteiger partial charge < -0.3 is 15.2 Å². The maximum Gasteiger partial charge on any atom is 0.230 e. The van der Waals surface area contributed by atoms with Gasteiger partial charge in [-0.2, -0.15) is 0 Å². The van der Waals surface area contributed by atoms with Crippen LogP contribution < -0.4 is 10.1 Å². The molecule has 1 rings (SSSR count). The van der Waals surface area contributed by atoms with Crippen molar-refractivity contribution in [2.45, 2.75) is 13.8 Å². The fourth-order valence-electron chi connectivity index (χ4n) is 1.53. The van der Waals surface area contributed by atoms with Crippen molar-refractivity contribution in [2.24, 2.45) is 11.8 Å². The molecule has 4 nitrogen and oxygen atoms in total. The monoisotopic (exact) mass is 237 g/mol. The third-order valence-electron chi connectivity index (χ3n) is 2.68. The fourth-order valence-corrected chi connectivity index (χ4v) is 1.53. The average Bonchev–Trinajstić information content (AvgIpc) is 2.29. The Bertz CT molecular complexity index is 377. The van der Waals surface area contributed by atoms with Crippen molar-refractivity contribution in [1.29, 1.82) is 0 Å². The summed E-state index contributed by atoms with van der Waals surface area (Å²) in [5, 5.41) is 11.9. The highest BCUT2D eigenvalue weighted by Gasteiger charge is 2.21. The van der Waals surface area contributed by atoms with Crippen molar-refractivity contribution in [3.8, 4) is 5.75 Å². The summed E-state index contributed by atoms with van der Waals surface area (Å²) < 4.78 is 5.07. The summed E-state index contributed by atoms with van der Waals surface area (Å²) in [5.41, 5.74) is 0.674. The summed E-state index contributed by atoms with van der Waals surface area (Å²) in [4.78, 5) is 11.9. The molecule has 0 saturated heterocycles. The molecule has 0 bridgehead atoms. The van der Waals surface area contributed by atoms with Crippen molar-refractivity contribution in [3.63, 3.8) is 0 Å². The lowest BCUT2D eigenvalue weighted by Crippen LogP contribution is -2.29. The Labute approximate surface area is 102 Å². The van der Waals surface area contributed by atoms with Gasteiger partial charge in [0.1, 0.15) is 5.75 Å². The zero-order chi connectivity index (χ0) is 12.8. The van der Waals surface area contributed by atoms with Crippen LogP contribution in [0.15, 0.2) is 24.3 Å². The maximum atomic E-state index is 11.9. The number of carbonyl (C=O) groups excluding carboxylic acids is 1. The molecule has 0 heterocycles. The highest BCUT2D eigenvalue weighted by Crippen LogP contribution is 2.19. The van der Waals surface area contributed by atoms with Crippen LogP contribution in [0, 0.1) is 11.8 Å². The minimum absolute atomic E-state index is 0.102. The van der Waals surface area contributed by atoms with Gasteiger partial charge in [0.15, 0.2) is 0 Å². The van der Waals surface area contributed by atoms with E-state index in [1.54, 1.807) is 25.3 Å². The minimum atomic E-state index is -0.388. The molecule has 94 valence electrons. The van der Waals surface area contributed by atoms with Crippen molar-refractivity contribution in [3.05, 3.63) is 24.3 Å². The molecule has 0 aliphatic heterocycles. The van der Waals surface area contributed by atoms with Crippen LogP contribution >= 0.6 is 0 Å². The number of rotatable bonds is 5. The number of nitrogens with one attached hydrogen (secondary N) is 1.